The van der Waals surface area contributed by atoms with Gasteiger partial charge in [-0.3, -0.25) is 9.78 Å². The molecule has 0 aliphatic rings. The van der Waals surface area contributed by atoms with Crippen LogP contribution in [0.2, 0.25) is 0 Å². The molecule has 2 aromatic heterocycles. The quantitative estimate of drug-likeness (QED) is 0.387. The third-order valence-corrected chi connectivity index (χ3v) is 5.00. The van der Waals surface area contributed by atoms with Gasteiger partial charge in [0.2, 0.25) is 0 Å². The molecule has 4 rings (SSSR count). The van der Waals surface area contributed by atoms with E-state index in [1.165, 1.54) is 36.1 Å². The van der Waals surface area contributed by atoms with Gasteiger partial charge in [-0.25, -0.2) is 9.48 Å². The molecule has 35 heavy (non-hydrogen) atoms. The highest BCUT2D eigenvalue weighted by molar-refractivity contribution is 6.00. The number of para-hydroxylation sites is 1. The first-order valence-corrected chi connectivity index (χ1v) is 10.5. The van der Waals surface area contributed by atoms with E-state index in [1.807, 2.05) is 18.2 Å². The molecule has 1 amide bonds. The number of nitrogens with one attached hydrogen (secondary N) is 1. The Hall–Kier alpha value is -4.47. The minimum Gasteiger partial charge on any atom is -0.449 e. The van der Waals surface area contributed by atoms with Crippen LogP contribution < -0.4 is 5.32 Å². The van der Waals surface area contributed by atoms with Crippen LogP contribution in [0.25, 0.3) is 16.9 Å². The topological polar surface area (TPSA) is 86.1 Å². The van der Waals surface area contributed by atoms with Crippen molar-refractivity contribution in [3.05, 3.63) is 96.4 Å². The van der Waals surface area contributed by atoms with Crippen molar-refractivity contribution in [3.8, 4) is 16.9 Å². The summed E-state index contributed by atoms with van der Waals surface area (Å²) in [5.74, 6) is -1.60. The van der Waals surface area contributed by atoms with E-state index in [4.69, 9.17) is 4.74 Å². The monoisotopic (exact) mass is 480 g/mol. The number of rotatable bonds is 6. The van der Waals surface area contributed by atoms with E-state index in [9.17, 15) is 22.8 Å². The summed E-state index contributed by atoms with van der Waals surface area (Å²) in [5.41, 5.74) is 0.690. The highest BCUT2D eigenvalue weighted by Crippen LogP contribution is 2.31. The Balaban J connectivity index is 1.55. The molecule has 0 saturated heterocycles. The molecule has 0 radical (unpaired) electrons. The van der Waals surface area contributed by atoms with E-state index in [0.717, 1.165) is 12.1 Å². The van der Waals surface area contributed by atoms with E-state index in [2.05, 4.69) is 15.4 Å². The Morgan fingerprint density at radius 3 is 2.49 bits per heavy atom. The summed E-state index contributed by atoms with van der Waals surface area (Å²) in [6.07, 6.45) is -1.25. The lowest BCUT2D eigenvalue weighted by Gasteiger charge is -2.14. The molecule has 0 saturated carbocycles. The lowest BCUT2D eigenvalue weighted by atomic mass is 10.1. The van der Waals surface area contributed by atoms with E-state index in [0.29, 0.717) is 16.9 Å². The van der Waals surface area contributed by atoms with Gasteiger partial charge in [-0.2, -0.15) is 18.3 Å². The minimum absolute atomic E-state index is 0.0688. The fourth-order valence-electron chi connectivity index (χ4n) is 3.25. The van der Waals surface area contributed by atoms with Crippen LogP contribution in [0.3, 0.4) is 0 Å². The molecule has 0 bridgehead atoms. The van der Waals surface area contributed by atoms with Gasteiger partial charge in [0.15, 0.2) is 6.10 Å². The fraction of sp³-hybridized carbons (Fsp3) is 0.120. The highest BCUT2D eigenvalue weighted by Gasteiger charge is 2.31. The largest absolute Gasteiger partial charge is 0.449 e. The number of anilines is 1. The lowest BCUT2D eigenvalue weighted by molar-refractivity contribution is -0.137. The number of esters is 1. The average Bonchev–Trinajstić information content (AvgIpc) is 3.30. The summed E-state index contributed by atoms with van der Waals surface area (Å²) in [6.45, 7) is 1.33. The zero-order valence-electron chi connectivity index (χ0n) is 18.4. The molecule has 178 valence electrons. The summed E-state index contributed by atoms with van der Waals surface area (Å²) in [5, 5.41) is 6.83. The number of nitrogens with zero attached hydrogens (tertiary/aromatic N) is 3. The molecule has 0 aliphatic heterocycles. The zero-order valence-corrected chi connectivity index (χ0v) is 18.4. The first-order chi connectivity index (χ1) is 16.7. The molecule has 1 N–H and O–H groups in total. The number of benzene rings is 2. The predicted molar refractivity (Wildman–Crippen MR) is 122 cm³/mol. The summed E-state index contributed by atoms with van der Waals surface area (Å²) in [7, 11) is 0. The van der Waals surface area contributed by atoms with E-state index < -0.39 is 29.7 Å². The Labute approximate surface area is 198 Å². The van der Waals surface area contributed by atoms with Crippen molar-refractivity contribution >= 4 is 17.6 Å². The number of ether oxygens (including phenoxy) is 1. The number of carbonyl (C=O) groups excluding carboxylic acids is 2. The van der Waals surface area contributed by atoms with Gasteiger partial charge in [0.05, 0.1) is 11.3 Å². The summed E-state index contributed by atoms with van der Waals surface area (Å²) in [6, 6.07) is 16.7. The SMILES string of the molecule is CC(OC(=O)c1cn(-c2ccccc2)nc1-c1cccnc1)C(=O)Nc1cccc(C(F)(F)F)c1. The lowest BCUT2D eigenvalue weighted by Crippen LogP contribution is -2.30. The molecule has 2 aromatic carbocycles. The molecular weight excluding hydrogens is 461 g/mol. The van der Waals surface area contributed by atoms with Crippen molar-refractivity contribution in [1.29, 1.82) is 0 Å². The number of hydrogen-bond acceptors (Lipinski definition) is 5. The number of pyridine rings is 1. The molecule has 4 aromatic rings. The molecule has 7 nitrogen and oxygen atoms in total. The normalized spacial score (nSPS) is 12.1. The maximum absolute atomic E-state index is 13.0. The molecule has 2 heterocycles. The van der Waals surface area contributed by atoms with Crippen molar-refractivity contribution in [2.24, 2.45) is 0 Å². The third kappa shape index (κ3) is 5.55. The zero-order chi connectivity index (χ0) is 25.0. The number of halogens is 3. The fourth-order valence-corrected chi connectivity index (χ4v) is 3.25. The summed E-state index contributed by atoms with van der Waals surface area (Å²) < 4.78 is 45.6. The Kier molecular flexibility index (Phi) is 6.63. The predicted octanol–water partition coefficient (Wildman–Crippen LogP) is 5.14. The second-order valence-electron chi connectivity index (χ2n) is 7.53. The van der Waals surface area contributed by atoms with Crippen LogP contribution in [0.4, 0.5) is 18.9 Å². The molecule has 1 unspecified atom stereocenters. The molecule has 0 aliphatic carbocycles. The second kappa shape index (κ2) is 9.80. The summed E-state index contributed by atoms with van der Waals surface area (Å²) >= 11 is 0. The van der Waals surface area contributed by atoms with Gasteiger partial charge in [-0.1, -0.05) is 24.3 Å². The van der Waals surface area contributed by atoms with E-state index >= 15 is 0 Å². The molecular formula is C25H19F3N4O3. The van der Waals surface area contributed by atoms with Crippen molar-refractivity contribution in [2.75, 3.05) is 5.32 Å². The van der Waals surface area contributed by atoms with Gasteiger partial charge in [0.1, 0.15) is 11.3 Å². The number of alkyl halides is 3. The van der Waals surface area contributed by atoms with E-state index in [-0.39, 0.29) is 11.3 Å². The van der Waals surface area contributed by atoms with Crippen LogP contribution >= 0.6 is 0 Å². The van der Waals surface area contributed by atoms with Crippen LogP contribution in [0.1, 0.15) is 22.8 Å². The highest BCUT2D eigenvalue weighted by atomic mass is 19.4. The van der Waals surface area contributed by atoms with Crippen LogP contribution in [0, 0.1) is 0 Å². The number of aromatic nitrogens is 3. The van der Waals surface area contributed by atoms with Gasteiger partial charge in [0.25, 0.3) is 5.91 Å². The molecule has 1 atom stereocenters. The first-order valence-electron chi connectivity index (χ1n) is 10.5. The maximum Gasteiger partial charge on any atom is 0.416 e. The molecule has 10 heteroatoms. The maximum atomic E-state index is 13.0. The van der Waals surface area contributed by atoms with Crippen LogP contribution in [-0.4, -0.2) is 32.7 Å². The number of hydrogen-bond donors (Lipinski definition) is 1. The van der Waals surface area contributed by atoms with Gasteiger partial charge >= 0.3 is 12.1 Å². The Morgan fingerprint density at radius 1 is 1.03 bits per heavy atom. The van der Waals surface area contributed by atoms with E-state index in [1.54, 1.807) is 30.5 Å². The van der Waals surface area contributed by atoms with Gasteiger partial charge < -0.3 is 10.1 Å². The number of amides is 1. The van der Waals surface area contributed by atoms with Crippen LogP contribution in [-0.2, 0) is 15.7 Å². The first kappa shape index (κ1) is 23.7. The third-order valence-electron chi connectivity index (χ3n) is 5.00. The van der Waals surface area contributed by atoms with Crippen molar-refractivity contribution < 1.29 is 27.5 Å². The summed E-state index contributed by atoms with van der Waals surface area (Å²) in [4.78, 5) is 29.6. The molecule has 0 fully saturated rings. The number of carbonyl (C=O) groups is 2. The standard InChI is InChI=1S/C25H19F3N4O3/c1-16(23(33)30-19-9-5-8-18(13-19)25(26,27)28)35-24(34)21-15-32(20-10-3-2-4-11-20)31-22(21)17-7-6-12-29-14-17/h2-16H,1H3,(H,30,33). The van der Waals surface area contributed by atoms with Crippen molar-refractivity contribution in [1.82, 2.24) is 14.8 Å². The van der Waals surface area contributed by atoms with Gasteiger partial charge in [0, 0.05) is 29.8 Å². The van der Waals surface area contributed by atoms with Gasteiger partial charge in [-0.15, -0.1) is 0 Å². The van der Waals surface area contributed by atoms with Crippen molar-refractivity contribution in [3.63, 3.8) is 0 Å². The van der Waals surface area contributed by atoms with Crippen LogP contribution in [0.15, 0.2) is 85.3 Å². The van der Waals surface area contributed by atoms with Crippen molar-refractivity contribution in [2.45, 2.75) is 19.2 Å². The second-order valence-corrected chi connectivity index (χ2v) is 7.53. The minimum atomic E-state index is -4.56. The Bertz CT molecular complexity index is 1340. The average molecular weight is 480 g/mol. The smallest absolute Gasteiger partial charge is 0.416 e. The molecule has 0 spiro atoms. The van der Waals surface area contributed by atoms with Gasteiger partial charge in [-0.05, 0) is 49.4 Å². The Morgan fingerprint density at radius 2 is 1.80 bits per heavy atom. The van der Waals surface area contributed by atoms with Crippen LogP contribution in [0.5, 0.6) is 0 Å².